The zero-order chi connectivity index (χ0) is 12.5. The van der Waals surface area contributed by atoms with E-state index < -0.39 is 0 Å². The molecule has 1 aliphatic carbocycles. The highest BCUT2D eigenvalue weighted by atomic mass is 32.2. The molecule has 3 rings (SSSR count). The fraction of sp³-hybridized carbons (Fsp3) is 1.00. The molecule has 0 aromatic carbocycles. The number of hydrogen-bond acceptors (Lipinski definition) is 3. The lowest BCUT2D eigenvalue weighted by atomic mass is 9.91. The van der Waals surface area contributed by atoms with Crippen LogP contribution < -0.4 is 5.32 Å². The summed E-state index contributed by atoms with van der Waals surface area (Å²) in [5.74, 6) is 0. The van der Waals surface area contributed by atoms with Crippen LogP contribution in [0.25, 0.3) is 0 Å². The Balaban J connectivity index is 1.47. The van der Waals surface area contributed by atoms with E-state index in [0.717, 1.165) is 29.4 Å². The Bertz CT molecular complexity index is 262. The third kappa shape index (κ3) is 2.73. The standard InChI is InChI=1S/C15H28N2S/c1-17-13-5-6-14(17)10-12(9-13)16-11-3-7-15(18-2)8-4-11/h11-16H,3-10H2,1-2H3. The van der Waals surface area contributed by atoms with Crippen LogP contribution in [0.5, 0.6) is 0 Å². The summed E-state index contributed by atoms with van der Waals surface area (Å²) in [6.07, 6.45) is 13.6. The van der Waals surface area contributed by atoms with E-state index in [-0.39, 0.29) is 0 Å². The molecule has 3 heteroatoms. The van der Waals surface area contributed by atoms with Crippen LogP contribution in [0.3, 0.4) is 0 Å². The van der Waals surface area contributed by atoms with Crippen molar-refractivity contribution in [1.82, 2.24) is 10.2 Å². The highest BCUT2D eigenvalue weighted by Crippen LogP contribution is 2.35. The fourth-order valence-corrected chi connectivity index (χ4v) is 5.09. The lowest BCUT2D eigenvalue weighted by molar-refractivity contribution is 0.139. The number of nitrogens with one attached hydrogen (secondary N) is 1. The topological polar surface area (TPSA) is 15.3 Å². The Morgan fingerprint density at radius 2 is 1.50 bits per heavy atom. The van der Waals surface area contributed by atoms with E-state index in [1.54, 1.807) is 0 Å². The molecular weight excluding hydrogens is 240 g/mol. The number of piperidine rings is 1. The number of nitrogens with zero attached hydrogens (tertiary/aromatic N) is 1. The maximum atomic E-state index is 3.99. The molecule has 104 valence electrons. The van der Waals surface area contributed by atoms with E-state index in [4.69, 9.17) is 0 Å². The molecule has 0 radical (unpaired) electrons. The van der Waals surface area contributed by atoms with Gasteiger partial charge in [0, 0.05) is 29.4 Å². The molecule has 1 N–H and O–H groups in total. The molecule has 2 atom stereocenters. The van der Waals surface area contributed by atoms with Gasteiger partial charge in [0.15, 0.2) is 0 Å². The van der Waals surface area contributed by atoms with Crippen molar-refractivity contribution in [2.24, 2.45) is 0 Å². The normalized spacial score (nSPS) is 45.3. The summed E-state index contributed by atoms with van der Waals surface area (Å²) in [5.41, 5.74) is 0. The summed E-state index contributed by atoms with van der Waals surface area (Å²) in [4.78, 5) is 2.64. The van der Waals surface area contributed by atoms with Crippen LogP contribution in [0.4, 0.5) is 0 Å². The zero-order valence-electron chi connectivity index (χ0n) is 11.9. The van der Waals surface area contributed by atoms with Gasteiger partial charge in [-0.1, -0.05) is 0 Å². The van der Waals surface area contributed by atoms with E-state index in [1.807, 2.05) is 0 Å². The molecule has 2 aliphatic heterocycles. The van der Waals surface area contributed by atoms with Crippen molar-refractivity contribution in [2.75, 3.05) is 13.3 Å². The fourth-order valence-electron chi connectivity index (χ4n) is 4.35. The highest BCUT2D eigenvalue weighted by Gasteiger charge is 2.38. The minimum Gasteiger partial charge on any atom is -0.311 e. The number of rotatable bonds is 3. The van der Waals surface area contributed by atoms with Crippen molar-refractivity contribution in [1.29, 1.82) is 0 Å². The molecule has 2 bridgehead atoms. The minimum atomic E-state index is 0.814. The van der Waals surface area contributed by atoms with Gasteiger partial charge in [0.2, 0.25) is 0 Å². The van der Waals surface area contributed by atoms with Crippen molar-refractivity contribution in [3.63, 3.8) is 0 Å². The van der Waals surface area contributed by atoms with Gasteiger partial charge in [0.25, 0.3) is 0 Å². The van der Waals surface area contributed by atoms with E-state index in [0.29, 0.717) is 0 Å². The number of thioether (sulfide) groups is 1. The lowest BCUT2D eigenvalue weighted by Crippen LogP contribution is -2.50. The van der Waals surface area contributed by atoms with E-state index in [2.05, 4.69) is 35.3 Å². The van der Waals surface area contributed by atoms with Gasteiger partial charge in [-0.2, -0.15) is 11.8 Å². The number of hydrogen-bond donors (Lipinski definition) is 1. The Hall–Kier alpha value is 0.270. The van der Waals surface area contributed by atoms with Gasteiger partial charge in [-0.05, 0) is 64.7 Å². The SMILES string of the molecule is CSC1CCC(NC2CC3CCC(C2)N3C)CC1. The minimum absolute atomic E-state index is 0.814. The molecule has 0 aromatic heterocycles. The predicted octanol–water partition coefficient (Wildman–Crippen LogP) is 2.88. The summed E-state index contributed by atoms with van der Waals surface area (Å²) in [7, 11) is 2.34. The highest BCUT2D eigenvalue weighted by molar-refractivity contribution is 7.99. The second kappa shape index (κ2) is 5.72. The summed E-state index contributed by atoms with van der Waals surface area (Å²) in [6, 6.07) is 3.39. The van der Waals surface area contributed by atoms with Crippen molar-refractivity contribution in [3.05, 3.63) is 0 Å². The van der Waals surface area contributed by atoms with Crippen LogP contribution in [0, 0.1) is 0 Å². The second-order valence-electron chi connectivity index (χ2n) is 6.59. The third-order valence-electron chi connectivity index (χ3n) is 5.58. The maximum absolute atomic E-state index is 3.99. The molecule has 0 spiro atoms. The van der Waals surface area contributed by atoms with Crippen LogP contribution in [0.2, 0.25) is 0 Å². The van der Waals surface area contributed by atoms with Crippen LogP contribution >= 0.6 is 11.8 Å². The van der Waals surface area contributed by atoms with Gasteiger partial charge in [0.05, 0.1) is 0 Å². The van der Waals surface area contributed by atoms with Gasteiger partial charge in [-0.3, -0.25) is 0 Å². The largest absolute Gasteiger partial charge is 0.311 e. The first-order valence-electron chi connectivity index (χ1n) is 7.77. The second-order valence-corrected chi connectivity index (χ2v) is 7.73. The first-order valence-corrected chi connectivity index (χ1v) is 9.06. The molecule has 0 aromatic rings. The van der Waals surface area contributed by atoms with Crippen LogP contribution in [0.1, 0.15) is 51.4 Å². The first kappa shape index (κ1) is 13.3. The molecule has 3 fully saturated rings. The third-order valence-corrected chi connectivity index (χ3v) is 6.72. The Morgan fingerprint density at radius 1 is 0.889 bits per heavy atom. The molecule has 1 saturated carbocycles. The van der Waals surface area contributed by atoms with E-state index in [9.17, 15) is 0 Å². The van der Waals surface area contributed by atoms with Crippen molar-refractivity contribution < 1.29 is 0 Å². The quantitative estimate of drug-likeness (QED) is 0.847. The predicted molar refractivity (Wildman–Crippen MR) is 80.3 cm³/mol. The monoisotopic (exact) mass is 268 g/mol. The summed E-state index contributed by atoms with van der Waals surface area (Å²) in [6.45, 7) is 0. The molecule has 2 nitrogen and oxygen atoms in total. The maximum Gasteiger partial charge on any atom is 0.0111 e. The smallest absolute Gasteiger partial charge is 0.0111 e. The summed E-state index contributed by atoms with van der Waals surface area (Å²) >= 11 is 2.07. The van der Waals surface area contributed by atoms with Gasteiger partial charge in [0.1, 0.15) is 0 Å². The van der Waals surface area contributed by atoms with Gasteiger partial charge >= 0.3 is 0 Å². The molecule has 3 aliphatic rings. The van der Waals surface area contributed by atoms with E-state index in [1.165, 1.54) is 51.4 Å². The molecule has 2 unspecified atom stereocenters. The molecule has 18 heavy (non-hydrogen) atoms. The van der Waals surface area contributed by atoms with Gasteiger partial charge < -0.3 is 10.2 Å². The Morgan fingerprint density at radius 3 is 2.06 bits per heavy atom. The lowest BCUT2D eigenvalue weighted by Gasteiger charge is -2.39. The van der Waals surface area contributed by atoms with Crippen LogP contribution in [-0.4, -0.2) is 47.6 Å². The van der Waals surface area contributed by atoms with Crippen LogP contribution in [-0.2, 0) is 0 Å². The summed E-state index contributed by atoms with van der Waals surface area (Å²) in [5, 5.41) is 4.93. The summed E-state index contributed by atoms with van der Waals surface area (Å²) < 4.78 is 0. The van der Waals surface area contributed by atoms with E-state index >= 15 is 0 Å². The molecule has 2 saturated heterocycles. The molecule has 2 heterocycles. The molecular formula is C15H28N2S. The van der Waals surface area contributed by atoms with Gasteiger partial charge in [-0.25, -0.2) is 0 Å². The van der Waals surface area contributed by atoms with Gasteiger partial charge in [-0.15, -0.1) is 0 Å². The Kier molecular flexibility index (Phi) is 4.21. The number of fused-ring (bicyclic) bond motifs is 2. The first-order chi connectivity index (χ1) is 8.76. The van der Waals surface area contributed by atoms with Crippen molar-refractivity contribution in [2.45, 2.75) is 80.8 Å². The Labute approximate surface area is 116 Å². The average molecular weight is 268 g/mol. The average Bonchev–Trinajstić information content (AvgIpc) is 2.63. The molecule has 0 amide bonds. The van der Waals surface area contributed by atoms with Crippen molar-refractivity contribution >= 4 is 11.8 Å². The van der Waals surface area contributed by atoms with Crippen LogP contribution in [0.15, 0.2) is 0 Å². The van der Waals surface area contributed by atoms with Crippen molar-refractivity contribution in [3.8, 4) is 0 Å². The zero-order valence-corrected chi connectivity index (χ0v) is 12.7.